The van der Waals surface area contributed by atoms with Crippen molar-refractivity contribution in [1.82, 2.24) is 54.3 Å². The number of allylic oxidation sites excluding steroid dienone is 2. The lowest BCUT2D eigenvalue weighted by molar-refractivity contribution is -0.386. The summed E-state index contributed by atoms with van der Waals surface area (Å²) in [5, 5.41) is 30.7. The first-order valence-corrected chi connectivity index (χ1v) is 51.9. The molecule has 718 valence electrons. The number of aromatic nitrogens is 4. The summed E-state index contributed by atoms with van der Waals surface area (Å²) in [5.74, 6) is 3.89. The van der Waals surface area contributed by atoms with Gasteiger partial charge in [0.2, 0.25) is 0 Å². The number of nitro benzene ring substituents is 2. The lowest BCUT2D eigenvalue weighted by Gasteiger charge is -2.39. The first kappa shape index (κ1) is 96.0. The highest BCUT2D eigenvalue weighted by molar-refractivity contribution is 8.00. The van der Waals surface area contributed by atoms with E-state index in [-0.39, 0.29) is 76.0 Å². The molecule has 5 N–H and O–H groups in total. The first-order valence-electron chi connectivity index (χ1n) is 46.1. The fraction of sp³-hybridized carbons (Fsp3) is 0.414. The molecule has 3 amide bonds. The summed E-state index contributed by atoms with van der Waals surface area (Å²) in [6, 6.07) is 38.1. The molecule has 10 heterocycles. The Labute approximate surface area is 801 Å². The second-order valence-electron chi connectivity index (χ2n) is 38.3. The van der Waals surface area contributed by atoms with Crippen LogP contribution in [0.25, 0.3) is 33.2 Å². The smallest absolute Gasteiger partial charge is 0.407 e. The van der Waals surface area contributed by atoms with Gasteiger partial charge in [0.15, 0.2) is 0 Å². The standard InChI is InChI=1S/C50H57ClN8O9S.C49H56ClN7O8S2/c1-50(2)14-10-35(43(27-50)33-4-6-36(51)7-5-33)30-57-18-20-58(21-19-57)38-8-9-41(46(24-38)68-39-23-34-11-15-52-47(34)53-28-39)48(60)55-69(64,65)40-25-44(59(62)63)42-22-32(31-67-45(42)26-40)29-56-16-12-37(13-17-56)54-49(61)66-3;1-49(2)13-10-36(43(29-49)34-4-6-37(50)7-5-34)31-55-16-18-56(19-17-55)38-8-9-41(46(26-38)65-39-25-35-11-14-51-47(35)52-30-39)48(58)53-67(62,63)40-27-44(57(59)60)42-24-33(32-64-45(42)28-40)12-15-54-20-22-66(3,61)23-21-54/h4-9,11,15,23-26,28,32,37H,10,12-14,16-22,27,29-31H2,1-3H3,(H,52,53)(H,54,61)(H,55,60);4-9,11,14,25-28,30,33H,3,10,12-13,15-24,29,31-32H2,1-2H3,(H,51,52)(H,53,58)/t32-;33-/m11/s1. The second-order valence-corrected chi connectivity index (χ2v) is 45.3. The number of alkyl carbamates (subject to hydrolysis) is 1. The summed E-state index contributed by atoms with van der Waals surface area (Å²) in [6.07, 6.45) is 15.2. The van der Waals surface area contributed by atoms with Crippen molar-refractivity contribution in [2.45, 2.75) is 114 Å². The number of benzene rings is 6. The summed E-state index contributed by atoms with van der Waals surface area (Å²) in [6.45, 7) is 21.7. The molecule has 6 aromatic carbocycles. The Hall–Kier alpha value is -11.7. The Morgan fingerprint density at radius 3 is 1.45 bits per heavy atom. The number of pyridine rings is 2. The average molecular weight is 1950 g/mol. The number of likely N-dealkylation sites (tertiary alicyclic amines) is 1. The molecule has 10 aromatic rings. The summed E-state index contributed by atoms with van der Waals surface area (Å²) < 4.78 is 102. The minimum Gasteiger partial charge on any atom is -0.493 e. The second kappa shape index (κ2) is 40.6. The van der Waals surface area contributed by atoms with Crippen LogP contribution in [0.3, 0.4) is 0 Å². The van der Waals surface area contributed by atoms with Crippen LogP contribution in [-0.2, 0) is 47.1 Å². The monoisotopic (exact) mass is 1950 g/mol. The van der Waals surface area contributed by atoms with E-state index in [4.69, 9.17) is 46.9 Å². The molecule has 0 spiro atoms. The van der Waals surface area contributed by atoms with Crippen LogP contribution >= 0.6 is 23.2 Å². The van der Waals surface area contributed by atoms with Crippen molar-refractivity contribution in [2.24, 2.45) is 22.7 Å². The van der Waals surface area contributed by atoms with Crippen LogP contribution in [0.2, 0.25) is 10.0 Å². The zero-order valence-electron chi connectivity index (χ0n) is 76.8. The molecule has 0 saturated carbocycles. The number of H-pyrrole nitrogens is 2. The number of sulfonamides is 2. The molecule has 0 bridgehead atoms. The molecule has 4 saturated heterocycles. The van der Waals surface area contributed by atoms with Crippen molar-refractivity contribution < 1.29 is 69.0 Å². The van der Waals surface area contributed by atoms with Crippen LogP contribution in [-0.4, -0.2) is 237 Å². The number of carbonyl (C=O) groups is 3. The van der Waals surface area contributed by atoms with Gasteiger partial charge in [-0.1, -0.05) is 86.3 Å². The number of halogens is 2. The van der Waals surface area contributed by atoms with E-state index >= 15 is 0 Å². The Kier molecular flexibility index (Phi) is 28.6. The third kappa shape index (κ3) is 23.1. The molecule has 8 aliphatic rings. The largest absolute Gasteiger partial charge is 0.493 e. The lowest BCUT2D eigenvalue weighted by Crippen LogP contribution is -2.47. The highest BCUT2D eigenvalue weighted by atomic mass is 35.5. The maximum absolute atomic E-state index is 14.1. The first-order chi connectivity index (χ1) is 65.1. The average Bonchev–Trinajstić information content (AvgIpc) is 1.04. The van der Waals surface area contributed by atoms with Crippen LogP contribution in [0, 0.1) is 42.9 Å². The maximum atomic E-state index is 14.1. The number of aromatic amines is 2. The number of piperidine rings is 1. The lowest BCUT2D eigenvalue weighted by atomic mass is 9.72. The van der Waals surface area contributed by atoms with Crippen LogP contribution in [0.4, 0.5) is 27.5 Å². The number of hydrogen-bond acceptors (Lipinski definition) is 25. The zero-order valence-corrected chi connectivity index (χ0v) is 80.7. The van der Waals surface area contributed by atoms with Gasteiger partial charge in [-0.05, 0) is 204 Å². The van der Waals surface area contributed by atoms with E-state index in [1.807, 2.05) is 36.4 Å². The number of ether oxygens (including phenoxy) is 5. The van der Waals surface area contributed by atoms with Crippen molar-refractivity contribution in [3.63, 3.8) is 0 Å². The number of hydrogen-bond donors (Lipinski definition) is 5. The summed E-state index contributed by atoms with van der Waals surface area (Å²) in [7, 11) is -10.0. The number of nitrogens with one attached hydrogen (secondary N) is 5. The van der Waals surface area contributed by atoms with Gasteiger partial charge in [-0.3, -0.25) is 43.8 Å². The molecule has 37 heteroatoms. The van der Waals surface area contributed by atoms with E-state index in [1.165, 1.54) is 77.2 Å². The third-order valence-corrected chi connectivity index (χ3v) is 32.4. The van der Waals surface area contributed by atoms with Crippen LogP contribution in [0.1, 0.15) is 128 Å². The Balaban J connectivity index is 0.000000189. The van der Waals surface area contributed by atoms with Gasteiger partial charge < -0.3 is 58.6 Å². The molecule has 0 radical (unpaired) electrons. The SMILES string of the molecule is C=S1(=O)CCN(CC[C@H]2COc3cc(S(=O)(=O)NC(=O)c4ccc(N5CCN(CC6=C(c7ccc(Cl)cc7)CC(C)(C)CC6)CC5)cc4Oc4cnc5[nH]ccc5c4)cc([N+](=O)[O-])c3C2)CC1.COC(=O)NC1CCN(C[C@@H]2COc3cc(S(=O)(=O)NC(=O)c4ccc(N5CCN(CC6=C(c7ccc(Cl)cc7)CC(C)(C)CC6)CC5)cc4Oc4cnc5[nH]ccc5c4)cc([N+](=O)[O-])c3C2)CC1. The number of nitro groups is 2. The molecule has 32 nitrogen and oxygen atoms in total. The minimum atomic E-state index is -4.67. The van der Waals surface area contributed by atoms with E-state index in [0.717, 1.165) is 142 Å². The Morgan fingerprint density at radius 1 is 0.566 bits per heavy atom. The van der Waals surface area contributed by atoms with E-state index in [0.29, 0.717) is 124 Å². The molecule has 4 fully saturated rings. The molecule has 18 rings (SSSR count). The topological polar surface area (TPSA) is 382 Å². The van der Waals surface area contributed by atoms with E-state index < -0.39 is 78.5 Å². The van der Waals surface area contributed by atoms with Gasteiger partial charge in [0.05, 0.1) is 74.6 Å². The number of fused-ring (bicyclic) bond motifs is 4. The van der Waals surface area contributed by atoms with Gasteiger partial charge in [0, 0.05) is 203 Å². The molecular formula is C99H113Cl2N15O17S3. The van der Waals surface area contributed by atoms with Crippen molar-refractivity contribution in [3.05, 3.63) is 233 Å². The summed E-state index contributed by atoms with van der Waals surface area (Å²) >= 11 is 12.5. The maximum Gasteiger partial charge on any atom is 0.407 e. The van der Waals surface area contributed by atoms with Gasteiger partial charge >= 0.3 is 6.09 Å². The van der Waals surface area contributed by atoms with E-state index in [2.05, 4.69) is 122 Å². The third-order valence-electron chi connectivity index (χ3n) is 27.4. The number of piperazine rings is 2. The quantitative estimate of drug-likeness (QED) is 0.0191. The van der Waals surface area contributed by atoms with Gasteiger partial charge in [0.25, 0.3) is 43.2 Å². The normalized spacial score (nSPS) is 19.6. The summed E-state index contributed by atoms with van der Waals surface area (Å²) in [5.41, 5.74) is 11.2. The van der Waals surface area contributed by atoms with Crippen molar-refractivity contribution in [1.29, 1.82) is 0 Å². The highest BCUT2D eigenvalue weighted by Crippen LogP contribution is 2.48. The molecule has 136 heavy (non-hydrogen) atoms. The zero-order chi connectivity index (χ0) is 95.5. The van der Waals surface area contributed by atoms with E-state index in [9.17, 15) is 55.7 Å². The number of nitrogens with zero attached hydrogens (tertiary/aromatic N) is 10. The van der Waals surface area contributed by atoms with Gasteiger partial charge in [0.1, 0.15) is 45.8 Å². The Bertz CT molecular complexity index is 6630. The number of amides is 3. The van der Waals surface area contributed by atoms with Gasteiger partial charge in [-0.15, -0.1) is 0 Å². The van der Waals surface area contributed by atoms with Gasteiger partial charge in [-0.2, -0.15) is 0 Å². The van der Waals surface area contributed by atoms with Crippen molar-refractivity contribution >= 4 is 133 Å². The predicted molar refractivity (Wildman–Crippen MR) is 526 cm³/mol. The van der Waals surface area contributed by atoms with Crippen molar-refractivity contribution in [2.75, 3.05) is 146 Å². The number of methoxy groups -OCH3 is 1. The fourth-order valence-electron chi connectivity index (χ4n) is 19.6. The minimum absolute atomic E-state index is 0.000808. The summed E-state index contributed by atoms with van der Waals surface area (Å²) in [4.78, 5) is 91.4. The molecular weight excluding hydrogens is 1840 g/mol. The van der Waals surface area contributed by atoms with Crippen molar-refractivity contribution in [3.8, 4) is 34.5 Å². The fourth-order valence-corrected chi connectivity index (χ4v) is 23.2. The molecule has 4 aromatic heterocycles. The van der Waals surface area contributed by atoms with Gasteiger partial charge in [-0.25, -0.2) is 41.0 Å². The number of carbonyl (C=O) groups excluding carboxylic acids is 3. The molecule has 6 aliphatic heterocycles. The van der Waals surface area contributed by atoms with E-state index in [1.54, 1.807) is 48.8 Å². The number of rotatable bonds is 26. The highest BCUT2D eigenvalue weighted by Gasteiger charge is 2.39. The Morgan fingerprint density at radius 2 is 1.01 bits per heavy atom. The molecule has 0 unspecified atom stereocenters. The van der Waals surface area contributed by atoms with Crippen LogP contribution < -0.4 is 43.5 Å². The predicted octanol–water partition coefficient (Wildman–Crippen LogP) is 16.0. The van der Waals surface area contributed by atoms with Crippen LogP contribution in [0.15, 0.2) is 179 Å². The molecule has 2 aliphatic carbocycles. The number of anilines is 2. The van der Waals surface area contributed by atoms with Crippen LogP contribution in [0.5, 0.6) is 34.5 Å². The molecule has 2 atom stereocenters.